The molecule has 2 nitrogen and oxygen atoms in total. The van der Waals surface area contributed by atoms with E-state index in [4.69, 9.17) is 11.6 Å². The maximum absolute atomic E-state index is 13.6. The van der Waals surface area contributed by atoms with Crippen LogP contribution >= 0.6 is 27.5 Å². The summed E-state index contributed by atoms with van der Waals surface area (Å²) < 4.78 is 1.06. The molecule has 3 unspecified atom stereocenters. The number of carbonyl (C=O) groups excluding carboxylic acids is 1. The molecule has 0 saturated heterocycles. The minimum absolute atomic E-state index is 0.0232. The van der Waals surface area contributed by atoms with Gasteiger partial charge in [-0.2, -0.15) is 0 Å². The molecule has 4 fully saturated rings. The zero-order valence-corrected chi connectivity index (χ0v) is 19.1. The molecular formula is C25H27BrClNO. The zero-order chi connectivity index (χ0) is 20.2. The third kappa shape index (κ3) is 3.45. The Kier molecular flexibility index (Phi) is 4.83. The average Bonchev–Trinajstić information content (AvgIpc) is 2.68. The fourth-order valence-electron chi connectivity index (χ4n) is 6.85. The first-order valence-electron chi connectivity index (χ1n) is 10.7. The van der Waals surface area contributed by atoms with Crippen LogP contribution in [0, 0.1) is 17.3 Å². The van der Waals surface area contributed by atoms with E-state index in [2.05, 4.69) is 52.4 Å². The van der Waals surface area contributed by atoms with Gasteiger partial charge in [0.15, 0.2) is 0 Å². The van der Waals surface area contributed by atoms with Gasteiger partial charge in [0.05, 0.1) is 11.5 Å². The second-order valence-electron chi connectivity index (χ2n) is 9.78. The predicted octanol–water partition coefficient (Wildman–Crippen LogP) is 6.82. The summed E-state index contributed by atoms with van der Waals surface area (Å²) in [6.45, 7) is 2.09. The Morgan fingerprint density at radius 1 is 1.03 bits per heavy atom. The van der Waals surface area contributed by atoms with Crippen LogP contribution in [0.5, 0.6) is 0 Å². The highest BCUT2D eigenvalue weighted by Crippen LogP contribution is 2.65. The summed E-state index contributed by atoms with van der Waals surface area (Å²) in [4.78, 5) is 13.6. The first-order valence-corrected chi connectivity index (χ1v) is 11.9. The van der Waals surface area contributed by atoms with E-state index in [1.165, 1.54) is 24.8 Å². The average molecular weight is 473 g/mol. The second-order valence-corrected chi connectivity index (χ2v) is 11.1. The van der Waals surface area contributed by atoms with Gasteiger partial charge >= 0.3 is 0 Å². The third-order valence-electron chi connectivity index (χ3n) is 7.72. The van der Waals surface area contributed by atoms with E-state index in [0.717, 1.165) is 34.3 Å². The van der Waals surface area contributed by atoms with Crippen LogP contribution in [0.4, 0.5) is 0 Å². The highest BCUT2D eigenvalue weighted by atomic mass is 79.9. The molecule has 2 aromatic carbocycles. The lowest BCUT2D eigenvalue weighted by atomic mass is 9.42. The molecule has 4 saturated carbocycles. The lowest BCUT2D eigenvalue weighted by Gasteiger charge is -2.61. The predicted molar refractivity (Wildman–Crippen MR) is 121 cm³/mol. The molecule has 3 atom stereocenters. The quantitative estimate of drug-likeness (QED) is 0.520. The van der Waals surface area contributed by atoms with Crippen molar-refractivity contribution < 1.29 is 4.79 Å². The molecule has 0 aromatic heterocycles. The van der Waals surface area contributed by atoms with E-state index in [1.54, 1.807) is 0 Å². The fourth-order valence-corrected chi connectivity index (χ4v) is 7.24. The number of carbonyl (C=O) groups is 1. The third-order valence-corrected chi connectivity index (χ3v) is 8.50. The van der Waals surface area contributed by atoms with Crippen LogP contribution in [-0.2, 0) is 10.2 Å². The van der Waals surface area contributed by atoms with Crippen molar-refractivity contribution in [2.75, 3.05) is 0 Å². The van der Waals surface area contributed by atoms with Gasteiger partial charge in [0.25, 0.3) is 0 Å². The number of benzene rings is 2. The Morgan fingerprint density at radius 2 is 1.66 bits per heavy atom. The zero-order valence-electron chi connectivity index (χ0n) is 16.8. The first kappa shape index (κ1) is 19.6. The molecule has 6 rings (SSSR count). The molecule has 2 aromatic rings. The van der Waals surface area contributed by atoms with Crippen molar-refractivity contribution in [3.05, 3.63) is 69.2 Å². The second kappa shape index (κ2) is 7.13. The van der Waals surface area contributed by atoms with Crippen LogP contribution in [0.25, 0.3) is 0 Å². The summed E-state index contributed by atoms with van der Waals surface area (Å²) in [6.07, 6.45) is 6.83. The minimum atomic E-state index is -0.215. The summed E-state index contributed by atoms with van der Waals surface area (Å²) in [5.74, 6) is 1.60. The van der Waals surface area contributed by atoms with E-state index in [1.807, 2.05) is 24.3 Å². The molecule has 29 heavy (non-hydrogen) atoms. The molecule has 4 bridgehead atoms. The number of hydrogen-bond acceptors (Lipinski definition) is 1. The highest BCUT2D eigenvalue weighted by Gasteiger charge is 2.60. The minimum Gasteiger partial charge on any atom is -0.349 e. The maximum atomic E-state index is 13.6. The van der Waals surface area contributed by atoms with Gasteiger partial charge in [-0.15, -0.1) is 0 Å². The van der Waals surface area contributed by atoms with Gasteiger partial charge in [-0.05, 0) is 98.1 Å². The molecule has 152 valence electrons. The Bertz CT molecular complexity index is 909. The highest BCUT2D eigenvalue weighted by molar-refractivity contribution is 9.10. The van der Waals surface area contributed by atoms with E-state index < -0.39 is 0 Å². The Balaban J connectivity index is 1.41. The maximum Gasteiger partial charge on any atom is 0.226 e. The van der Waals surface area contributed by atoms with Gasteiger partial charge in [-0.3, -0.25) is 4.79 Å². The summed E-state index contributed by atoms with van der Waals surface area (Å²) in [7, 11) is 0. The van der Waals surface area contributed by atoms with Gasteiger partial charge in [-0.25, -0.2) is 0 Å². The molecule has 1 N–H and O–H groups in total. The monoisotopic (exact) mass is 471 g/mol. The standard InChI is InChI=1S/C25H27BrClNO/c1-16(19-2-6-21(26)7-3-19)28-23(29)25-13-17-10-18(14-25)12-24(11-17,15-25)20-4-8-22(27)9-5-20/h2-9,16-18H,10-15H2,1H3,(H,28,29). The molecule has 0 aliphatic heterocycles. The van der Waals surface area contributed by atoms with Crippen LogP contribution in [-0.4, -0.2) is 5.91 Å². The topological polar surface area (TPSA) is 29.1 Å². The van der Waals surface area contributed by atoms with Crippen LogP contribution in [0.2, 0.25) is 5.02 Å². The van der Waals surface area contributed by atoms with Crippen LogP contribution in [0.1, 0.15) is 62.6 Å². The number of halogens is 2. The van der Waals surface area contributed by atoms with Crippen molar-refractivity contribution in [2.24, 2.45) is 17.3 Å². The Hall–Kier alpha value is -1.32. The molecule has 4 heteroatoms. The molecule has 0 heterocycles. The van der Waals surface area contributed by atoms with Gasteiger partial charge in [0.2, 0.25) is 5.91 Å². The van der Waals surface area contributed by atoms with E-state index in [0.29, 0.717) is 11.8 Å². The summed E-state index contributed by atoms with van der Waals surface area (Å²) in [5, 5.41) is 4.16. The number of hydrogen-bond donors (Lipinski definition) is 1. The van der Waals surface area contributed by atoms with Crippen molar-refractivity contribution in [2.45, 2.75) is 56.9 Å². The number of amides is 1. The van der Waals surface area contributed by atoms with Gasteiger partial charge in [-0.1, -0.05) is 51.8 Å². The van der Waals surface area contributed by atoms with Crippen LogP contribution in [0.15, 0.2) is 53.0 Å². The normalized spacial score (nSPS) is 33.5. The van der Waals surface area contributed by atoms with Crippen molar-refractivity contribution in [3.8, 4) is 0 Å². The molecule has 0 radical (unpaired) electrons. The summed E-state index contributed by atoms with van der Waals surface area (Å²) in [5.41, 5.74) is 2.47. The van der Waals surface area contributed by atoms with E-state index in [9.17, 15) is 4.79 Å². The number of nitrogens with one attached hydrogen (secondary N) is 1. The van der Waals surface area contributed by atoms with Crippen molar-refractivity contribution in [3.63, 3.8) is 0 Å². The van der Waals surface area contributed by atoms with Crippen molar-refractivity contribution in [1.82, 2.24) is 5.32 Å². The molecule has 0 spiro atoms. The molecule has 1 amide bonds. The fraction of sp³-hybridized carbons (Fsp3) is 0.480. The summed E-state index contributed by atoms with van der Waals surface area (Å²) >= 11 is 9.65. The molecular weight excluding hydrogens is 446 g/mol. The van der Waals surface area contributed by atoms with Crippen LogP contribution in [0.3, 0.4) is 0 Å². The van der Waals surface area contributed by atoms with Gasteiger partial charge < -0.3 is 5.32 Å². The Labute approximate surface area is 186 Å². The smallest absolute Gasteiger partial charge is 0.226 e. The van der Waals surface area contributed by atoms with Gasteiger partial charge in [0, 0.05) is 9.50 Å². The summed E-state index contributed by atoms with van der Waals surface area (Å²) in [6, 6.07) is 16.7. The molecule has 4 aliphatic rings. The molecule has 4 aliphatic carbocycles. The SMILES string of the molecule is CC(NC(=O)C12CC3CC(C1)CC(c1ccc(Cl)cc1)(C3)C2)c1ccc(Br)cc1. The van der Waals surface area contributed by atoms with E-state index in [-0.39, 0.29) is 22.8 Å². The lowest BCUT2D eigenvalue weighted by molar-refractivity contribution is -0.149. The van der Waals surface area contributed by atoms with Crippen molar-refractivity contribution in [1.29, 1.82) is 0 Å². The first-order chi connectivity index (χ1) is 13.9. The lowest BCUT2D eigenvalue weighted by Crippen LogP contribution is -2.59. The van der Waals surface area contributed by atoms with E-state index >= 15 is 0 Å². The van der Waals surface area contributed by atoms with Crippen LogP contribution < -0.4 is 5.32 Å². The Morgan fingerprint density at radius 3 is 2.28 bits per heavy atom. The number of rotatable bonds is 4. The van der Waals surface area contributed by atoms with Gasteiger partial charge in [0.1, 0.15) is 0 Å². The van der Waals surface area contributed by atoms with Crippen molar-refractivity contribution >= 4 is 33.4 Å². The largest absolute Gasteiger partial charge is 0.349 e.